The summed E-state index contributed by atoms with van der Waals surface area (Å²) in [6, 6.07) is 10.5. The van der Waals surface area contributed by atoms with Crippen molar-refractivity contribution in [2.45, 2.75) is 26.3 Å². The van der Waals surface area contributed by atoms with Crippen LogP contribution in [0.4, 0.5) is 15.8 Å². The molecule has 3 rings (SSSR count). The zero-order valence-corrected chi connectivity index (χ0v) is 15.0. The molecule has 140 valence electrons. The minimum Gasteiger partial charge on any atom is -0.452 e. The van der Waals surface area contributed by atoms with Gasteiger partial charge in [0, 0.05) is 12.5 Å². The summed E-state index contributed by atoms with van der Waals surface area (Å²) in [7, 11) is 0. The molecule has 0 saturated carbocycles. The molecule has 0 aliphatic carbocycles. The Hall–Kier alpha value is -3.22. The number of nitrogens with one attached hydrogen (secondary N) is 1. The summed E-state index contributed by atoms with van der Waals surface area (Å²) in [6.45, 7) is 2.82. The predicted octanol–water partition coefficient (Wildman–Crippen LogP) is 3.05. The second kappa shape index (κ2) is 7.57. The van der Waals surface area contributed by atoms with Crippen LogP contribution < -0.4 is 10.2 Å². The lowest BCUT2D eigenvalue weighted by molar-refractivity contribution is -0.122. The Kier molecular flexibility index (Phi) is 5.21. The summed E-state index contributed by atoms with van der Waals surface area (Å²) in [5.41, 5.74) is 1.51. The first kappa shape index (κ1) is 18.6. The molecule has 0 saturated heterocycles. The van der Waals surface area contributed by atoms with E-state index in [-0.39, 0.29) is 17.9 Å². The number of rotatable bonds is 3. The Morgan fingerprint density at radius 2 is 2.00 bits per heavy atom. The van der Waals surface area contributed by atoms with Crippen LogP contribution in [0.2, 0.25) is 0 Å². The fraction of sp³-hybridized carbons (Fsp3) is 0.250. The van der Waals surface area contributed by atoms with Gasteiger partial charge >= 0.3 is 5.97 Å². The van der Waals surface area contributed by atoms with Crippen molar-refractivity contribution in [1.29, 1.82) is 0 Å². The van der Waals surface area contributed by atoms with Crippen molar-refractivity contribution >= 4 is 29.2 Å². The number of amides is 2. The molecule has 0 bridgehead atoms. The maximum Gasteiger partial charge on any atom is 0.338 e. The van der Waals surface area contributed by atoms with E-state index in [0.717, 1.165) is 6.07 Å². The highest BCUT2D eigenvalue weighted by atomic mass is 19.1. The molecule has 2 amide bonds. The fourth-order valence-electron chi connectivity index (χ4n) is 2.97. The molecule has 0 fully saturated rings. The minimum atomic E-state index is -0.785. The second-order valence-electron chi connectivity index (χ2n) is 6.42. The van der Waals surface area contributed by atoms with Gasteiger partial charge in [0.15, 0.2) is 6.61 Å². The molecule has 1 N–H and O–H groups in total. The number of carbonyl (C=O) groups is 3. The summed E-state index contributed by atoms with van der Waals surface area (Å²) >= 11 is 0. The number of anilines is 2. The number of hydrogen-bond donors (Lipinski definition) is 1. The van der Waals surface area contributed by atoms with Crippen molar-refractivity contribution in [2.75, 3.05) is 16.8 Å². The third-order valence-electron chi connectivity index (χ3n) is 4.36. The zero-order valence-electron chi connectivity index (χ0n) is 15.0. The molecule has 1 aliphatic heterocycles. The van der Waals surface area contributed by atoms with E-state index in [4.69, 9.17) is 4.74 Å². The van der Waals surface area contributed by atoms with Crippen LogP contribution in [-0.4, -0.2) is 30.4 Å². The molecule has 6 nitrogen and oxygen atoms in total. The second-order valence-corrected chi connectivity index (χ2v) is 6.42. The third-order valence-corrected chi connectivity index (χ3v) is 4.36. The van der Waals surface area contributed by atoms with E-state index in [1.54, 1.807) is 38.1 Å². The molecule has 2 aromatic rings. The van der Waals surface area contributed by atoms with Gasteiger partial charge in [0.05, 0.1) is 16.9 Å². The van der Waals surface area contributed by atoms with Gasteiger partial charge in [-0.15, -0.1) is 0 Å². The molecule has 0 aromatic heterocycles. The van der Waals surface area contributed by atoms with Gasteiger partial charge < -0.3 is 15.0 Å². The van der Waals surface area contributed by atoms with Gasteiger partial charge in [-0.3, -0.25) is 9.59 Å². The Labute approximate surface area is 155 Å². The van der Waals surface area contributed by atoms with Gasteiger partial charge in [0.1, 0.15) is 5.82 Å². The summed E-state index contributed by atoms with van der Waals surface area (Å²) < 4.78 is 18.7. The topological polar surface area (TPSA) is 75.7 Å². The van der Waals surface area contributed by atoms with Crippen molar-refractivity contribution in [2.24, 2.45) is 0 Å². The van der Waals surface area contributed by atoms with Gasteiger partial charge in [-0.05, 0) is 43.7 Å². The van der Waals surface area contributed by atoms with Gasteiger partial charge in [0.25, 0.3) is 5.91 Å². The van der Waals surface area contributed by atoms with Crippen LogP contribution in [0.3, 0.4) is 0 Å². The SMILES string of the molecule is Cc1ccc(C(=O)OCC(=O)N2c3ccccc3NC(=O)C[C@@H]2C)cc1F. The number of fused-ring (bicyclic) bond motifs is 1. The molecule has 7 heteroatoms. The largest absolute Gasteiger partial charge is 0.452 e. The van der Waals surface area contributed by atoms with E-state index in [2.05, 4.69) is 5.32 Å². The molecule has 0 unspecified atom stereocenters. The van der Waals surface area contributed by atoms with Crippen LogP contribution in [0, 0.1) is 12.7 Å². The quantitative estimate of drug-likeness (QED) is 0.843. The lowest BCUT2D eigenvalue weighted by Crippen LogP contribution is -2.41. The monoisotopic (exact) mass is 370 g/mol. The highest BCUT2D eigenvalue weighted by Gasteiger charge is 2.30. The van der Waals surface area contributed by atoms with Gasteiger partial charge in [-0.25, -0.2) is 9.18 Å². The van der Waals surface area contributed by atoms with E-state index in [0.29, 0.717) is 16.9 Å². The molecule has 2 aromatic carbocycles. The van der Waals surface area contributed by atoms with E-state index in [1.165, 1.54) is 17.0 Å². The normalized spacial score (nSPS) is 16.2. The predicted molar refractivity (Wildman–Crippen MR) is 98.1 cm³/mol. The van der Waals surface area contributed by atoms with Crippen LogP contribution >= 0.6 is 0 Å². The van der Waals surface area contributed by atoms with Crippen LogP contribution in [0.25, 0.3) is 0 Å². The average Bonchev–Trinajstić information content (AvgIpc) is 2.76. The molecular formula is C20H19FN2O4. The van der Waals surface area contributed by atoms with Crippen LogP contribution in [0.15, 0.2) is 42.5 Å². The smallest absolute Gasteiger partial charge is 0.338 e. The first-order valence-corrected chi connectivity index (χ1v) is 8.51. The number of esters is 1. The van der Waals surface area contributed by atoms with Crippen molar-refractivity contribution in [3.8, 4) is 0 Å². The lowest BCUT2D eigenvalue weighted by atomic mass is 10.1. The van der Waals surface area contributed by atoms with Crippen molar-refractivity contribution in [1.82, 2.24) is 0 Å². The van der Waals surface area contributed by atoms with Crippen molar-refractivity contribution in [3.05, 3.63) is 59.4 Å². The molecule has 1 atom stereocenters. The highest BCUT2D eigenvalue weighted by Crippen LogP contribution is 2.31. The van der Waals surface area contributed by atoms with Crippen LogP contribution in [0.5, 0.6) is 0 Å². The number of halogens is 1. The summed E-state index contributed by atoms with van der Waals surface area (Å²) in [5.74, 6) is -1.97. The first-order chi connectivity index (χ1) is 12.9. The molecule has 0 spiro atoms. The maximum absolute atomic E-state index is 13.6. The number of ether oxygens (including phenoxy) is 1. The Morgan fingerprint density at radius 1 is 1.26 bits per heavy atom. The van der Waals surface area contributed by atoms with Crippen LogP contribution in [-0.2, 0) is 14.3 Å². The standard InChI is InChI=1S/C20H19FN2O4/c1-12-7-8-14(10-15(12)21)20(26)27-11-19(25)23-13(2)9-18(24)22-16-5-3-4-6-17(16)23/h3-8,10,13H,9,11H2,1-2H3,(H,22,24)/t13-/m0/s1. The average molecular weight is 370 g/mol. The van der Waals surface area contributed by atoms with Crippen LogP contribution in [0.1, 0.15) is 29.3 Å². The first-order valence-electron chi connectivity index (χ1n) is 8.51. The van der Waals surface area contributed by atoms with Crippen molar-refractivity contribution < 1.29 is 23.5 Å². The van der Waals surface area contributed by atoms with E-state index in [1.807, 2.05) is 0 Å². The number of aryl methyl sites for hydroxylation is 1. The molecule has 1 heterocycles. The van der Waals surface area contributed by atoms with Gasteiger partial charge in [-0.2, -0.15) is 0 Å². The van der Waals surface area contributed by atoms with Gasteiger partial charge in [-0.1, -0.05) is 18.2 Å². The molecule has 1 aliphatic rings. The lowest BCUT2D eigenvalue weighted by Gasteiger charge is -2.27. The zero-order chi connectivity index (χ0) is 19.6. The maximum atomic E-state index is 13.6. The summed E-state index contributed by atoms with van der Waals surface area (Å²) in [4.78, 5) is 38.2. The Morgan fingerprint density at radius 3 is 2.74 bits per heavy atom. The Balaban J connectivity index is 1.76. The molecule has 27 heavy (non-hydrogen) atoms. The minimum absolute atomic E-state index is 0.0343. The highest BCUT2D eigenvalue weighted by molar-refractivity contribution is 6.05. The molecule has 0 radical (unpaired) electrons. The van der Waals surface area contributed by atoms with E-state index >= 15 is 0 Å². The fourth-order valence-corrected chi connectivity index (χ4v) is 2.97. The summed E-state index contributed by atoms with van der Waals surface area (Å²) in [5, 5.41) is 2.76. The number of nitrogens with zero attached hydrogens (tertiary/aromatic N) is 1. The number of benzene rings is 2. The third kappa shape index (κ3) is 3.97. The number of para-hydroxylation sites is 2. The Bertz CT molecular complexity index is 913. The summed E-state index contributed by atoms with van der Waals surface area (Å²) in [6.07, 6.45) is 0.123. The van der Waals surface area contributed by atoms with E-state index < -0.39 is 30.3 Å². The van der Waals surface area contributed by atoms with Crippen molar-refractivity contribution in [3.63, 3.8) is 0 Å². The van der Waals surface area contributed by atoms with E-state index in [9.17, 15) is 18.8 Å². The number of carbonyl (C=O) groups excluding carboxylic acids is 3. The number of hydrogen-bond acceptors (Lipinski definition) is 4. The van der Waals surface area contributed by atoms with Gasteiger partial charge in [0.2, 0.25) is 5.91 Å². The molecular weight excluding hydrogens is 351 g/mol.